The van der Waals surface area contributed by atoms with Gasteiger partial charge in [-0.15, -0.1) is 10.2 Å². The lowest BCUT2D eigenvalue weighted by Gasteiger charge is -2.23. The Balaban J connectivity index is 1.57. The van der Waals surface area contributed by atoms with Crippen LogP contribution in [-0.2, 0) is 4.79 Å². The summed E-state index contributed by atoms with van der Waals surface area (Å²) < 4.78 is 17.0. The third-order valence-electron chi connectivity index (χ3n) is 3.05. The standard InChI is InChI=1S/C16H19N3O4S/c1-16(2,3)17-13(20)9-24-15-19-18-14(23-15)12-8-21-10-6-4-5-7-11(10)22-12/h4-7,12H,8-9H2,1-3H3,(H,17,20)/t12-/m1/s1. The molecule has 8 heteroatoms. The molecule has 1 aromatic heterocycles. The molecule has 0 bridgehead atoms. The van der Waals surface area contributed by atoms with Crippen LogP contribution in [0.15, 0.2) is 33.9 Å². The highest BCUT2D eigenvalue weighted by Crippen LogP contribution is 2.35. The van der Waals surface area contributed by atoms with E-state index >= 15 is 0 Å². The topological polar surface area (TPSA) is 86.5 Å². The Morgan fingerprint density at radius 2 is 2.04 bits per heavy atom. The normalized spacial score (nSPS) is 16.7. The number of nitrogens with one attached hydrogen (secondary N) is 1. The van der Waals surface area contributed by atoms with Crippen LogP contribution < -0.4 is 14.8 Å². The maximum Gasteiger partial charge on any atom is 0.277 e. The van der Waals surface area contributed by atoms with Crippen LogP contribution >= 0.6 is 11.8 Å². The molecule has 1 atom stereocenters. The first kappa shape index (κ1) is 16.6. The summed E-state index contributed by atoms with van der Waals surface area (Å²) in [7, 11) is 0. The molecular formula is C16H19N3O4S. The van der Waals surface area contributed by atoms with Crippen molar-refractivity contribution >= 4 is 17.7 Å². The van der Waals surface area contributed by atoms with Crippen LogP contribution in [0.1, 0.15) is 32.8 Å². The summed E-state index contributed by atoms with van der Waals surface area (Å²) in [5.41, 5.74) is -0.266. The Hall–Kier alpha value is -2.22. The van der Waals surface area contributed by atoms with Gasteiger partial charge in [-0.2, -0.15) is 0 Å². The summed E-state index contributed by atoms with van der Waals surface area (Å²) in [4.78, 5) is 11.8. The van der Waals surface area contributed by atoms with Gasteiger partial charge in [-0.05, 0) is 32.9 Å². The minimum Gasteiger partial charge on any atom is -0.485 e. The first-order valence-electron chi connectivity index (χ1n) is 7.56. The molecule has 24 heavy (non-hydrogen) atoms. The predicted octanol–water partition coefficient (Wildman–Crippen LogP) is 2.59. The number of para-hydroxylation sites is 2. The zero-order chi connectivity index (χ0) is 17.2. The molecule has 2 heterocycles. The summed E-state index contributed by atoms with van der Waals surface area (Å²) in [6, 6.07) is 7.42. The first-order valence-corrected chi connectivity index (χ1v) is 8.55. The monoisotopic (exact) mass is 349 g/mol. The largest absolute Gasteiger partial charge is 0.485 e. The highest BCUT2D eigenvalue weighted by atomic mass is 32.2. The average molecular weight is 349 g/mol. The fourth-order valence-electron chi connectivity index (χ4n) is 2.13. The molecule has 1 aromatic carbocycles. The number of hydrogen-bond acceptors (Lipinski definition) is 7. The van der Waals surface area contributed by atoms with E-state index in [-0.39, 0.29) is 17.2 Å². The zero-order valence-electron chi connectivity index (χ0n) is 13.7. The number of fused-ring (bicyclic) bond motifs is 1. The Morgan fingerprint density at radius 3 is 2.79 bits per heavy atom. The van der Waals surface area contributed by atoms with E-state index < -0.39 is 6.10 Å². The molecule has 3 rings (SSSR count). The number of aromatic nitrogens is 2. The van der Waals surface area contributed by atoms with Crippen LogP contribution in [-0.4, -0.2) is 34.0 Å². The van der Waals surface area contributed by atoms with E-state index in [1.54, 1.807) is 0 Å². The van der Waals surface area contributed by atoms with Gasteiger partial charge in [0.2, 0.25) is 12.0 Å². The van der Waals surface area contributed by atoms with Crippen LogP contribution in [0.25, 0.3) is 0 Å². The van der Waals surface area contributed by atoms with Gasteiger partial charge in [0, 0.05) is 5.54 Å². The smallest absolute Gasteiger partial charge is 0.277 e. The molecule has 0 spiro atoms. The lowest BCUT2D eigenvalue weighted by Crippen LogP contribution is -2.41. The van der Waals surface area contributed by atoms with Crippen molar-refractivity contribution in [1.29, 1.82) is 0 Å². The maximum atomic E-state index is 11.8. The third kappa shape index (κ3) is 4.19. The maximum absolute atomic E-state index is 11.8. The van der Waals surface area contributed by atoms with Crippen molar-refractivity contribution in [3.8, 4) is 11.5 Å². The van der Waals surface area contributed by atoms with E-state index in [0.29, 0.717) is 29.2 Å². The highest BCUT2D eigenvalue weighted by molar-refractivity contribution is 7.99. The fraction of sp³-hybridized carbons (Fsp3) is 0.438. The van der Waals surface area contributed by atoms with Crippen LogP contribution in [0.3, 0.4) is 0 Å². The number of nitrogens with zero attached hydrogens (tertiary/aromatic N) is 2. The first-order chi connectivity index (χ1) is 11.4. The summed E-state index contributed by atoms with van der Waals surface area (Å²) in [6.45, 7) is 6.09. The second-order valence-corrected chi connectivity index (χ2v) is 7.28. The van der Waals surface area contributed by atoms with Gasteiger partial charge in [0.05, 0.1) is 5.75 Å². The molecule has 0 unspecified atom stereocenters. The molecule has 1 aliphatic heterocycles. The van der Waals surface area contributed by atoms with Crippen LogP contribution in [0.4, 0.5) is 0 Å². The van der Waals surface area contributed by atoms with E-state index in [1.165, 1.54) is 11.8 Å². The van der Waals surface area contributed by atoms with Crippen molar-refractivity contribution in [2.45, 2.75) is 37.6 Å². The highest BCUT2D eigenvalue weighted by Gasteiger charge is 2.27. The minimum absolute atomic E-state index is 0.0848. The molecule has 1 N–H and O–H groups in total. The second kappa shape index (κ2) is 6.72. The van der Waals surface area contributed by atoms with Crippen molar-refractivity contribution in [2.75, 3.05) is 12.4 Å². The lowest BCUT2D eigenvalue weighted by molar-refractivity contribution is -0.119. The van der Waals surface area contributed by atoms with Crippen molar-refractivity contribution in [2.24, 2.45) is 0 Å². The van der Waals surface area contributed by atoms with Crippen LogP contribution in [0, 0.1) is 0 Å². The number of rotatable bonds is 4. The van der Waals surface area contributed by atoms with E-state index in [1.807, 2.05) is 45.0 Å². The Kier molecular flexibility index (Phi) is 4.66. The summed E-state index contributed by atoms with van der Waals surface area (Å²) >= 11 is 1.19. The molecule has 2 aromatic rings. The van der Waals surface area contributed by atoms with Gasteiger partial charge >= 0.3 is 0 Å². The molecule has 0 fully saturated rings. The van der Waals surface area contributed by atoms with Crippen molar-refractivity contribution in [3.63, 3.8) is 0 Å². The van der Waals surface area contributed by atoms with E-state index in [9.17, 15) is 4.79 Å². The van der Waals surface area contributed by atoms with E-state index in [2.05, 4.69) is 15.5 Å². The fourth-order valence-corrected chi connectivity index (χ4v) is 2.70. The van der Waals surface area contributed by atoms with Crippen LogP contribution in [0.2, 0.25) is 0 Å². The molecule has 0 radical (unpaired) electrons. The van der Waals surface area contributed by atoms with E-state index in [0.717, 1.165) is 0 Å². The van der Waals surface area contributed by atoms with Gasteiger partial charge in [-0.25, -0.2) is 0 Å². The number of thioether (sulfide) groups is 1. The molecule has 128 valence electrons. The Labute approximate surface area is 144 Å². The van der Waals surface area contributed by atoms with Gasteiger partial charge in [-0.1, -0.05) is 23.9 Å². The molecule has 0 saturated heterocycles. The molecule has 0 aliphatic carbocycles. The van der Waals surface area contributed by atoms with Crippen molar-refractivity contribution in [1.82, 2.24) is 15.5 Å². The number of carbonyl (C=O) groups is 1. The predicted molar refractivity (Wildman–Crippen MR) is 88.2 cm³/mol. The van der Waals surface area contributed by atoms with Gasteiger partial charge in [-0.3, -0.25) is 4.79 Å². The van der Waals surface area contributed by atoms with Crippen molar-refractivity contribution < 1.29 is 18.7 Å². The molecular weight excluding hydrogens is 330 g/mol. The number of ether oxygens (including phenoxy) is 2. The lowest BCUT2D eigenvalue weighted by atomic mass is 10.1. The molecule has 7 nitrogen and oxygen atoms in total. The SMILES string of the molecule is CC(C)(C)NC(=O)CSc1nnc([C@H]2COc3ccccc3O2)o1. The van der Waals surface area contributed by atoms with Crippen molar-refractivity contribution in [3.05, 3.63) is 30.2 Å². The quantitative estimate of drug-likeness (QED) is 0.849. The molecule has 1 amide bonds. The zero-order valence-corrected chi connectivity index (χ0v) is 14.6. The summed E-state index contributed by atoms with van der Waals surface area (Å²) in [6.07, 6.45) is -0.454. The third-order valence-corrected chi connectivity index (χ3v) is 3.87. The number of carbonyl (C=O) groups excluding carboxylic acids is 1. The van der Waals surface area contributed by atoms with Gasteiger partial charge in [0.1, 0.15) is 6.61 Å². The Bertz CT molecular complexity index is 726. The minimum atomic E-state index is -0.454. The van der Waals surface area contributed by atoms with Gasteiger partial charge < -0.3 is 19.2 Å². The number of hydrogen-bond donors (Lipinski definition) is 1. The Morgan fingerprint density at radius 1 is 1.29 bits per heavy atom. The summed E-state index contributed by atoms with van der Waals surface area (Å²) in [5, 5.41) is 11.1. The number of benzene rings is 1. The van der Waals surface area contributed by atoms with E-state index in [4.69, 9.17) is 13.9 Å². The van der Waals surface area contributed by atoms with Gasteiger partial charge in [0.15, 0.2) is 11.5 Å². The molecule has 0 saturated carbocycles. The molecule has 1 aliphatic rings. The van der Waals surface area contributed by atoms with Gasteiger partial charge in [0.25, 0.3) is 11.1 Å². The second-order valence-electron chi connectivity index (χ2n) is 6.36. The summed E-state index contributed by atoms with van der Waals surface area (Å²) in [5.74, 6) is 1.80. The number of amides is 1. The average Bonchev–Trinajstić information content (AvgIpc) is 3.00. The van der Waals surface area contributed by atoms with Crippen LogP contribution in [0.5, 0.6) is 11.5 Å².